The van der Waals surface area contributed by atoms with Crippen molar-refractivity contribution in [3.63, 3.8) is 0 Å². The van der Waals surface area contributed by atoms with Crippen LogP contribution in [-0.4, -0.2) is 31.1 Å². The first-order chi connectivity index (χ1) is 8.68. The van der Waals surface area contributed by atoms with Crippen LogP contribution in [0.4, 0.5) is 0 Å². The van der Waals surface area contributed by atoms with Crippen molar-refractivity contribution in [1.82, 2.24) is 10.2 Å². The summed E-state index contributed by atoms with van der Waals surface area (Å²) in [5.74, 6) is 0. The number of hydrogen-bond acceptors (Lipinski definition) is 2. The number of nitrogens with one attached hydrogen (secondary N) is 1. The summed E-state index contributed by atoms with van der Waals surface area (Å²) in [5, 5.41) is 4.26. The molecule has 1 saturated heterocycles. The minimum Gasteiger partial charge on any atom is -0.314 e. The van der Waals surface area contributed by atoms with Gasteiger partial charge in [0.05, 0.1) is 0 Å². The number of hydrogen-bond donors (Lipinski definition) is 1. The third-order valence-electron chi connectivity index (χ3n) is 3.40. The highest BCUT2D eigenvalue weighted by molar-refractivity contribution is 6.31. The van der Waals surface area contributed by atoms with Gasteiger partial charge in [-0.1, -0.05) is 35.4 Å². The van der Waals surface area contributed by atoms with Crippen molar-refractivity contribution < 1.29 is 0 Å². The molecule has 1 fully saturated rings. The lowest BCUT2D eigenvalue weighted by molar-refractivity contribution is 0.172. The Morgan fingerprint density at radius 3 is 2.45 bits per heavy atom. The molecule has 0 bridgehead atoms. The van der Waals surface area contributed by atoms with E-state index in [4.69, 9.17) is 11.6 Å². The average Bonchev–Trinajstić information content (AvgIpc) is 2.38. The number of halogens is 3. The van der Waals surface area contributed by atoms with Crippen molar-refractivity contribution in [1.29, 1.82) is 0 Å². The Bertz CT molecular complexity index is 417. The Kier molecular flexibility index (Phi) is 9.52. The van der Waals surface area contributed by atoms with Crippen molar-refractivity contribution in [3.8, 4) is 0 Å². The molecule has 1 heterocycles. The van der Waals surface area contributed by atoms with E-state index in [1.54, 1.807) is 0 Å². The van der Waals surface area contributed by atoms with E-state index < -0.39 is 0 Å². The second-order valence-electron chi connectivity index (χ2n) is 4.98. The third kappa shape index (κ3) is 5.27. The number of benzene rings is 1. The molecule has 0 unspecified atom stereocenters. The highest BCUT2D eigenvalue weighted by Crippen LogP contribution is 2.32. The molecule has 1 N–H and O–H groups in total. The Balaban J connectivity index is 0.00000180. The fourth-order valence-corrected chi connectivity index (χ4v) is 2.77. The zero-order valence-electron chi connectivity index (χ0n) is 11.8. The molecule has 2 rings (SSSR count). The van der Waals surface area contributed by atoms with Crippen molar-refractivity contribution >= 4 is 36.4 Å². The molecule has 0 spiro atoms. The minimum absolute atomic E-state index is 0. The van der Waals surface area contributed by atoms with E-state index in [9.17, 15) is 0 Å². The minimum atomic E-state index is 0. The van der Waals surface area contributed by atoms with Gasteiger partial charge in [0.25, 0.3) is 0 Å². The van der Waals surface area contributed by atoms with Gasteiger partial charge in [0, 0.05) is 37.2 Å². The molecule has 0 aliphatic carbocycles. The topological polar surface area (TPSA) is 15.3 Å². The first kappa shape index (κ1) is 19.8. The summed E-state index contributed by atoms with van der Waals surface area (Å²) in [7, 11) is 0. The van der Waals surface area contributed by atoms with E-state index in [1.165, 1.54) is 11.1 Å². The van der Waals surface area contributed by atoms with Crippen molar-refractivity contribution in [2.75, 3.05) is 26.2 Å². The predicted molar refractivity (Wildman–Crippen MR) is 92.6 cm³/mol. The molecule has 2 nitrogen and oxygen atoms in total. The van der Waals surface area contributed by atoms with Crippen LogP contribution in [0.15, 0.2) is 36.4 Å². The summed E-state index contributed by atoms with van der Waals surface area (Å²) in [5.41, 5.74) is 2.43. The fraction of sp³-hybridized carbons (Fsp3) is 0.467. The molecular weight excluding hydrogens is 315 g/mol. The zero-order chi connectivity index (χ0) is 13.0. The molecule has 1 aromatic carbocycles. The van der Waals surface area contributed by atoms with Crippen LogP contribution < -0.4 is 5.32 Å². The first-order valence-corrected chi connectivity index (χ1v) is 6.90. The Morgan fingerprint density at radius 1 is 1.30 bits per heavy atom. The van der Waals surface area contributed by atoms with Crippen LogP contribution in [0.25, 0.3) is 0 Å². The summed E-state index contributed by atoms with van der Waals surface area (Å²) in [6.07, 6.45) is 0.976. The average molecular weight is 338 g/mol. The van der Waals surface area contributed by atoms with Gasteiger partial charge < -0.3 is 5.32 Å². The van der Waals surface area contributed by atoms with Gasteiger partial charge in [0.1, 0.15) is 0 Å². The van der Waals surface area contributed by atoms with Gasteiger partial charge in [0.15, 0.2) is 0 Å². The standard InChI is InChI=1S/C15H21ClN2.2ClH/c1-12(2)11-15(18-9-7-17-8-10-18)13-5-3-4-6-14(13)16;;/h3-6,15,17H,1,7-11H2,2H3;2*1H/t15-;;/m0../s1. The first-order valence-electron chi connectivity index (χ1n) is 6.52. The number of rotatable bonds is 4. The lowest BCUT2D eigenvalue weighted by Gasteiger charge is -2.35. The summed E-state index contributed by atoms with van der Waals surface area (Å²) in [6.45, 7) is 10.4. The SMILES string of the molecule is C=C(C)C[C@@H](c1ccccc1Cl)N1CCNCC1.Cl.Cl. The van der Waals surface area contributed by atoms with Crippen LogP contribution in [0.5, 0.6) is 0 Å². The maximum Gasteiger partial charge on any atom is 0.0453 e. The quantitative estimate of drug-likeness (QED) is 0.832. The van der Waals surface area contributed by atoms with Gasteiger partial charge in [-0.15, -0.1) is 31.4 Å². The normalized spacial score (nSPS) is 16.7. The third-order valence-corrected chi connectivity index (χ3v) is 3.74. The van der Waals surface area contributed by atoms with Gasteiger partial charge in [-0.25, -0.2) is 0 Å². The maximum atomic E-state index is 6.35. The summed E-state index contributed by atoms with van der Waals surface area (Å²) in [4.78, 5) is 2.51. The van der Waals surface area contributed by atoms with E-state index in [2.05, 4.69) is 35.9 Å². The van der Waals surface area contributed by atoms with Crippen molar-refractivity contribution in [3.05, 3.63) is 47.0 Å². The Morgan fingerprint density at radius 2 is 1.90 bits per heavy atom. The second-order valence-corrected chi connectivity index (χ2v) is 5.39. The Labute approximate surface area is 139 Å². The molecule has 1 atom stereocenters. The monoisotopic (exact) mass is 336 g/mol. The van der Waals surface area contributed by atoms with Gasteiger partial charge in [-0.05, 0) is 25.0 Å². The van der Waals surface area contributed by atoms with E-state index in [0.717, 1.165) is 37.6 Å². The van der Waals surface area contributed by atoms with Gasteiger partial charge in [0.2, 0.25) is 0 Å². The molecule has 20 heavy (non-hydrogen) atoms. The van der Waals surface area contributed by atoms with Gasteiger partial charge in [-0.2, -0.15) is 0 Å². The molecule has 114 valence electrons. The molecule has 0 aromatic heterocycles. The van der Waals surface area contributed by atoms with E-state index in [1.807, 2.05) is 12.1 Å². The lowest BCUT2D eigenvalue weighted by atomic mass is 9.98. The van der Waals surface area contributed by atoms with E-state index in [-0.39, 0.29) is 24.8 Å². The van der Waals surface area contributed by atoms with Gasteiger partial charge in [-0.3, -0.25) is 4.90 Å². The number of piperazine rings is 1. The highest BCUT2D eigenvalue weighted by atomic mass is 35.5. The molecule has 0 saturated carbocycles. The van der Waals surface area contributed by atoms with Crippen LogP contribution in [0.3, 0.4) is 0 Å². The van der Waals surface area contributed by atoms with Crippen LogP contribution in [0, 0.1) is 0 Å². The fourth-order valence-electron chi connectivity index (χ4n) is 2.50. The smallest absolute Gasteiger partial charge is 0.0453 e. The number of nitrogens with zero attached hydrogens (tertiary/aromatic N) is 1. The summed E-state index contributed by atoms with van der Waals surface area (Å²) < 4.78 is 0. The largest absolute Gasteiger partial charge is 0.314 e. The summed E-state index contributed by atoms with van der Waals surface area (Å²) >= 11 is 6.35. The molecular formula is C15H23Cl3N2. The molecule has 0 amide bonds. The highest BCUT2D eigenvalue weighted by Gasteiger charge is 2.23. The summed E-state index contributed by atoms with van der Waals surface area (Å²) in [6, 6.07) is 8.52. The molecule has 0 radical (unpaired) electrons. The van der Waals surface area contributed by atoms with E-state index >= 15 is 0 Å². The van der Waals surface area contributed by atoms with Crippen LogP contribution in [0.1, 0.15) is 24.9 Å². The van der Waals surface area contributed by atoms with Crippen molar-refractivity contribution in [2.24, 2.45) is 0 Å². The predicted octanol–water partition coefficient (Wildman–Crippen LogP) is 4.10. The second kappa shape index (κ2) is 9.64. The lowest BCUT2D eigenvalue weighted by Crippen LogP contribution is -2.45. The van der Waals surface area contributed by atoms with Crippen LogP contribution in [-0.2, 0) is 0 Å². The molecule has 1 aliphatic rings. The van der Waals surface area contributed by atoms with Gasteiger partial charge >= 0.3 is 0 Å². The van der Waals surface area contributed by atoms with Crippen molar-refractivity contribution in [2.45, 2.75) is 19.4 Å². The van der Waals surface area contributed by atoms with Crippen LogP contribution in [0.2, 0.25) is 5.02 Å². The zero-order valence-corrected chi connectivity index (χ0v) is 14.2. The maximum absolute atomic E-state index is 6.35. The molecule has 5 heteroatoms. The van der Waals surface area contributed by atoms with E-state index in [0.29, 0.717) is 6.04 Å². The molecule has 1 aromatic rings. The molecule has 1 aliphatic heterocycles. The Hall–Kier alpha value is -0.250. The van der Waals surface area contributed by atoms with Crippen LogP contribution >= 0.6 is 36.4 Å².